The van der Waals surface area contributed by atoms with Crippen LogP contribution in [-0.2, 0) is 17.8 Å². The summed E-state index contributed by atoms with van der Waals surface area (Å²) in [5, 5.41) is 0. The van der Waals surface area contributed by atoms with E-state index in [1.807, 2.05) is 42.5 Å². The molecule has 3 nitrogen and oxygen atoms in total. The highest BCUT2D eigenvalue weighted by Gasteiger charge is 2.12. The van der Waals surface area contributed by atoms with Crippen molar-refractivity contribution in [2.24, 2.45) is 5.92 Å². The third-order valence-electron chi connectivity index (χ3n) is 3.56. The fourth-order valence-electron chi connectivity index (χ4n) is 2.21. The van der Waals surface area contributed by atoms with E-state index in [-0.39, 0.29) is 12.6 Å². The maximum Gasteiger partial charge on any atom is 0.340 e. The molecule has 0 unspecified atom stereocenters. The van der Waals surface area contributed by atoms with E-state index in [0.717, 1.165) is 24.0 Å². The molecule has 0 aliphatic heterocycles. The molecule has 0 amide bonds. The summed E-state index contributed by atoms with van der Waals surface area (Å²) in [5.41, 5.74) is 9.04. The summed E-state index contributed by atoms with van der Waals surface area (Å²) in [7, 11) is 0. The Labute approximate surface area is 132 Å². The second kappa shape index (κ2) is 7.64. The normalized spacial score (nSPS) is 10.7. The molecule has 116 valence electrons. The van der Waals surface area contributed by atoms with Crippen LogP contribution in [-0.4, -0.2) is 5.97 Å². The highest BCUT2D eigenvalue weighted by atomic mass is 16.5. The minimum Gasteiger partial charge on any atom is -0.457 e. The quantitative estimate of drug-likeness (QED) is 0.641. The zero-order chi connectivity index (χ0) is 15.9. The minimum absolute atomic E-state index is 0.258. The molecule has 2 rings (SSSR count). The Bertz CT molecular complexity index is 621. The molecule has 0 radical (unpaired) electrons. The van der Waals surface area contributed by atoms with Crippen LogP contribution >= 0.6 is 0 Å². The fourth-order valence-corrected chi connectivity index (χ4v) is 2.21. The summed E-state index contributed by atoms with van der Waals surface area (Å²) in [5.74, 6) is 0.272. The van der Waals surface area contributed by atoms with E-state index in [4.69, 9.17) is 10.5 Å². The first kappa shape index (κ1) is 16.1. The van der Waals surface area contributed by atoms with E-state index in [1.165, 1.54) is 0 Å². The van der Waals surface area contributed by atoms with E-state index in [1.54, 1.807) is 6.07 Å². The van der Waals surface area contributed by atoms with E-state index in [2.05, 4.69) is 13.8 Å². The molecule has 0 spiro atoms. The van der Waals surface area contributed by atoms with E-state index in [0.29, 0.717) is 17.2 Å². The number of ether oxygens (including phenoxy) is 1. The maximum absolute atomic E-state index is 12.1. The molecule has 0 atom stereocenters. The van der Waals surface area contributed by atoms with E-state index >= 15 is 0 Å². The molecular formula is C19H23NO2. The Morgan fingerprint density at radius 2 is 1.82 bits per heavy atom. The van der Waals surface area contributed by atoms with Gasteiger partial charge < -0.3 is 10.5 Å². The van der Waals surface area contributed by atoms with Crippen LogP contribution in [0.15, 0.2) is 48.5 Å². The number of carbonyl (C=O) groups excluding carboxylic acids is 1. The summed E-state index contributed by atoms with van der Waals surface area (Å²) >= 11 is 0. The Morgan fingerprint density at radius 1 is 1.09 bits per heavy atom. The summed E-state index contributed by atoms with van der Waals surface area (Å²) in [4.78, 5) is 12.1. The van der Waals surface area contributed by atoms with Gasteiger partial charge >= 0.3 is 5.97 Å². The topological polar surface area (TPSA) is 52.3 Å². The molecule has 2 N–H and O–H groups in total. The molecule has 0 heterocycles. The summed E-state index contributed by atoms with van der Waals surface area (Å²) in [6.45, 7) is 4.64. The lowest BCUT2D eigenvalue weighted by Crippen LogP contribution is -2.09. The zero-order valence-corrected chi connectivity index (χ0v) is 13.2. The van der Waals surface area contributed by atoms with Gasteiger partial charge in [-0.2, -0.15) is 0 Å². The second-order valence-electron chi connectivity index (χ2n) is 5.92. The molecule has 0 aliphatic rings. The lowest BCUT2D eigenvalue weighted by molar-refractivity contribution is 0.0474. The van der Waals surface area contributed by atoms with E-state index < -0.39 is 0 Å². The first-order chi connectivity index (χ1) is 10.6. The lowest BCUT2D eigenvalue weighted by atomic mass is 10.0. The van der Waals surface area contributed by atoms with Crippen LogP contribution in [0.2, 0.25) is 0 Å². The Balaban J connectivity index is 1.97. The van der Waals surface area contributed by atoms with Gasteiger partial charge in [0.15, 0.2) is 0 Å². The Hall–Kier alpha value is -2.29. The smallest absolute Gasteiger partial charge is 0.340 e. The van der Waals surface area contributed by atoms with Crippen molar-refractivity contribution in [2.45, 2.75) is 33.3 Å². The van der Waals surface area contributed by atoms with Gasteiger partial charge in [0, 0.05) is 5.69 Å². The molecule has 0 saturated carbocycles. The third-order valence-corrected chi connectivity index (χ3v) is 3.56. The van der Waals surface area contributed by atoms with Crippen LogP contribution in [0.3, 0.4) is 0 Å². The summed E-state index contributed by atoms with van der Waals surface area (Å²) in [6.07, 6.45) is 2.08. The van der Waals surface area contributed by atoms with Gasteiger partial charge in [-0.05, 0) is 42.0 Å². The van der Waals surface area contributed by atoms with Crippen LogP contribution in [0.25, 0.3) is 0 Å². The minimum atomic E-state index is -0.378. The molecule has 0 aromatic heterocycles. The predicted octanol–water partition coefficient (Wildman–Crippen LogP) is 4.21. The van der Waals surface area contributed by atoms with Gasteiger partial charge in [0.05, 0.1) is 5.56 Å². The summed E-state index contributed by atoms with van der Waals surface area (Å²) in [6, 6.07) is 15.2. The average Bonchev–Trinajstić information content (AvgIpc) is 2.51. The van der Waals surface area contributed by atoms with Crippen molar-refractivity contribution < 1.29 is 9.53 Å². The highest BCUT2D eigenvalue weighted by Crippen LogP contribution is 2.18. The highest BCUT2D eigenvalue weighted by molar-refractivity contribution is 5.95. The van der Waals surface area contributed by atoms with Crippen molar-refractivity contribution in [2.75, 3.05) is 5.73 Å². The predicted molar refractivity (Wildman–Crippen MR) is 89.6 cm³/mol. The number of rotatable bonds is 6. The van der Waals surface area contributed by atoms with Gasteiger partial charge in [0.2, 0.25) is 0 Å². The van der Waals surface area contributed by atoms with Crippen molar-refractivity contribution in [3.63, 3.8) is 0 Å². The van der Waals surface area contributed by atoms with Gasteiger partial charge in [-0.15, -0.1) is 0 Å². The van der Waals surface area contributed by atoms with Crippen molar-refractivity contribution in [3.8, 4) is 0 Å². The monoisotopic (exact) mass is 297 g/mol. The molecule has 0 fully saturated rings. The molecule has 0 bridgehead atoms. The van der Waals surface area contributed by atoms with Crippen LogP contribution in [0.4, 0.5) is 5.69 Å². The number of hydrogen-bond donors (Lipinski definition) is 1. The van der Waals surface area contributed by atoms with Crippen molar-refractivity contribution in [1.82, 2.24) is 0 Å². The van der Waals surface area contributed by atoms with Gasteiger partial charge in [0.1, 0.15) is 6.61 Å². The van der Waals surface area contributed by atoms with Gasteiger partial charge in [-0.1, -0.05) is 50.2 Å². The first-order valence-corrected chi connectivity index (χ1v) is 7.65. The standard InChI is InChI=1S/C19H23NO2/c1-14(2)8-9-15-10-11-17(18(20)12-15)19(21)22-13-16-6-4-3-5-7-16/h3-7,10-12,14H,8-9,13,20H2,1-2H3. The number of esters is 1. The SMILES string of the molecule is CC(C)CCc1ccc(C(=O)OCc2ccccc2)c(N)c1. The van der Waals surface area contributed by atoms with Gasteiger partial charge in [-0.25, -0.2) is 4.79 Å². The first-order valence-electron chi connectivity index (χ1n) is 7.65. The number of nitrogen functional groups attached to an aromatic ring is 1. The van der Waals surface area contributed by atoms with Crippen LogP contribution < -0.4 is 5.73 Å². The van der Waals surface area contributed by atoms with Crippen molar-refractivity contribution >= 4 is 11.7 Å². The average molecular weight is 297 g/mol. The molecule has 0 aliphatic carbocycles. The molecule has 2 aromatic rings. The molecule has 2 aromatic carbocycles. The van der Waals surface area contributed by atoms with Crippen LogP contribution in [0.1, 0.15) is 41.8 Å². The van der Waals surface area contributed by atoms with Gasteiger partial charge in [-0.3, -0.25) is 0 Å². The Kier molecular flexibility index (Phi) is 5.59. The maximum atomic E-state index is 12.1. The van der Waals surface area contributed by atoms with E-state index in [9.17, 15) is 4.79 Å². The number of aryl methyl sites for hydroxylation is 1. The molecule has 0 saturated heterocycles. The molecule has 3 heteroatoms. The van der Waals surface area contributed by atoms with Crippen molar-refractivity contribution in [3.05, 3.63) is 65.2 Å². The molecular weight excluding hydrogens is 274 g/mol. The molecule has 22 heavy (non-hydrogen) atoms. The second-order valence-corrected chi connectivity index (χ2v) is 5.92. The van der Waals surface area contributed by atoms with Gasteiger partial charge in [0.25, 0.3) is 0 Å². The fraction of sp³-hybridized carbons (Fsp3) is 0.316. The number of nitrogens with two attached hydrogens (primary N) is 1. The summed E-state index contributed by atoms with van der Waals surface area (Å²) < 4.78 is 5.31. The number of carbonyl (C=O) groups is 1. The zero-order valence-electron chi connectivity index (χ0n) is 13.2. The third kappa shape index (κ3) is 4.62. The number of anilines is 1. The Morgan fingerprint density at radius 3 is 2.45 bits per heavy atom. The van der Waals surface area contributed by atoms with Crippen LogP contribution in [0, 0.1) is 5.92 Å². The van der Waals surface area contributed by atoms with Crippen molar-refractivity contribution in [1.29, 1.82) is 0 Å². The largest absolute Gasteiger partial charge is 0.457 e. The van der Waals surface area contributed by atoms with Crippen LogP contribution in [0.5, 0.6) is 0 Å². The lowest BCUT2D eigenvalue weighted by Gasteiger charge is -2.10. The number of hydrogen-bond acceptors (Lipinski definition) is 3. The number of benzene rings is 2.